The second-order valence-corrected chi connectivity index (χ2v) is 4.94. The third-order valence-corrected chi connectivity index (χ3v) is 3.23. The van der Waals surface area contributed by atoms with Crippen LogP contribution in [0.2, 0.25) is 0 Å². The molecule has 122 valence electrons. The number of hydrogen-bond acceptors (Lipinski definition) is 3. The molecule has 0 saturated heterocycles. The minimum Gasteiger partial charge on any atom is -0.480 e. The van der Waals surface area contributed by atoms with Gasteiger partial charge >= 0.3 is 5.97 Å². The van der Waals surface area contributed by atoms with Gasteiger partial charge in [-0.05, 0) is 36.8 Å². The summed E-state index contributed by atoms with van der Waals surface area (Å²) in [7, 11) is 0. The number of alkyl halides is 2. The second-order valence-electron chi connectivity index (χ2n) is 4.94. The van der Waals surface area contributed by atoms with Crippen molar-refractivity contribution in [2.45, 2.75) is 25.8 Å². The van der Waals surface area contributed by atoms with Crippen LogP contribution in [-0.4, -0.2) is 39.2 Å². The predicted molar refractivity (Wildman–Crippen MR) is 77.8 cm³/mol. The maximum atomic E-state index is 12.3. The van der Waals surface area contributed by atoms with E-state index in [-0.39, 0.29) is 5.56 Å². The van der Waals surface area contributed by atoms with Gasteiger partial charge in [-0.15, -0.1) is 0 Å². The minimum atomic E-state index is -2.82. The number of rotatable bonds is 6. The van der Waals surface area contributed by atoms with Crippen LogP contribution in [0.5, 0.6) is 0 Å². The van der Waals surface area contributed by atoms with E-state index in [4.69, 9.17) is 5.11 Å². The predicted octanol–water partition coefficient (Wildman–Crippen LogP) is 2.02. The van der Waals surface area contributed by atoms with Gasteiger partial charge in [-0.3, -0.25) is 4.79 Å². The first-order chi connectivity index (χ1) is 10.9. The van der Waals surface area contributed by atoms with Crippen molar-refractivity contribution in [2.75, 3.05) is 0 Å². The highest BCUT2D eigenvalue weighted by Gasteiger charge is 2.24. The number of aryl methyl sites for hydroxylation is 1. The minimum absolute atomic E-state index is 0.193. The smallest absolute Gasteiger partial charge is 0.326 e. The molecule has 2 N–H and O–H groups in total. The number of nitrogens with one attached hydrogen (secondary N) is 1. The Labute approximate surface area is 130 Å². The van der Waals surface area contributed by atoms with Crippen LogP contribution < -0.4 is 5.32 Å². The number of carbonyl (C=O) groups excluding carboxylic acids is 1. The van der Waals surface area contributed by atoms with E-state index in [1.165, 1.54) is 6.07 Å². The topological polar surface area (TPSA) is 84.2 Å². The van der Waals surface area contributed by atoms with Gasteiger partial charge < -0.3 is 10.4 Å². The van der Waals surface area contributed by atoms with Crippen molar-refractivity contribution in [3.05, 3.63) is 47.8 Å². The summed E-state index contributed by atoms with van der Waals surface area (Å²) < 4.78 is 26.3. The van der Waals surface area contributed by atoms with Crippen LogP contribution in [0.4, 0.5) is 8.78 Å². The molecule has 0 aliphatic heterocycles. The quantitative estimate of drug-likeness (QED) is 0.852. The van der Waals surface area contributed by atoms with Gasteiger partial charge in [0.1, 0.15) is 6.04 Å². The molecule has 0 spiro atoms. The summed E-state index contributed by atoms with van der Waals surface area (Å²) in [5.74, 6) is -2.21. The monoisotopic (exact) mass is 323 g/mol. The molecule has 1 amide bonds. The molecule has 23 heavy (non-hydrogen) atoms. The van der Waals surface area contributed by atoms with Crippen LogP contribution in [0.1, 0.15) is 22.3 Å². The van der Waals surface area contributed by atoms with Crippen molar-refractivity contribution in [3.8, 4) is 5.69 Å². The molecule has 0 aliphatic rings. The van der Waals surface area contributed by atoms with E-state index < -0.39 is 30.8 Å². The first-order valence-corrected chi connectivity index (χ1v) is 6.81. The number of aromatic nitrogens is 2. The van der Waals surface area contributed by atoms with Gasteiger partial charge in [-0.25, -0.2) is 18.3 Å². The summed E-state index contributed by atoms with van der Waals surface area (Å²) in [4.78, 5) is 23.0. The summed E-state index contributed by atoms with van der Waals surface area (Å²) in [6.07, 6.45) is -0.404. The average molecular weight is 323 g/mol. The van der Waals surface area contributed by atoms with Crippen molar-refractivity contribution in [3.63, 3.8) is 0 Å². The highest BCUT2D eigenvalue weighted by molar-refractivity contribution is 5.97. The molecular formula is C15H15F2N3O3. The van der Waals surface area contributed by atoms with Crippen LogP contribution in [0.3, 0.4) is 0 Å². The Morgan fingerprint density at radius 3 is 2.65 bits per heavy atom. The molecular weight excluding hydrogens is 308 g/mol. The number of carboxylic acids is 1. The van der Waals surface area contributed by atoms with E-state index in [0.29, 0.717) is 0 Å². The Morgan fingerprint density at radius 1 is 1.39 bits per heavy atom. The normalized spacial score (nSPS) is 12.2. The van der Waals surface area contributed by atoms with Crippen molar-refractivity contribution in [2.24, 2.45) is 0 Å². The van der Waals surface area contributed by atoms with Gasteiger partial charge in [0.05, 0.1) is 5.69 Å². The summed E-state index contributed by atoms with van der Waals surface area (Å²) in [6, 6.07) is 4.81. The number of halogens is 2. The van der Waals surface area contributed by atoms with Gasteiger partial charge in [0, 0.05) is 24.4 Å². The van der Waals surface area contributed by atoms with Crippen molar-refractivity contribution in [1.29, 1.82) is 0 Å². The van der Waals surface area contributed by atoms with Crippen LogP contribution in [-0.2, 0) is 4.79 Å². The van der Waals surface area contributed by atoms with E-state index in [1.807, 2.05) is 0 Å². The zero-order chi connectivity index (χ0) is 17.0. The zero-order valence-corrected chi connectivity index (χ0v) is 12.2. The third kappa shape index (κ3) is 4.12. The lowest BCUT2D eigenvalue weighted by Gasteiger charge is -2.15. The SMILES string of the molecule is Cc1cc(C(=O)NC(CC(F)F)C(=O)O)ccc1-n1cccn1. The fourth-order valence-electron chi connectivity index (χ4n) is 2.11. The van der Waals surface area contributed by atoms with Crippen molar-refractivity contribution < 1.29 is 23.5 Å². The van der Waals surface area contributed by atoms with Gasteiger partial charge in [0.25, 0.3) is 5.91 Å². The van der Waals surface area contributed by atoms with Crippen LogP contribution >= 0.6 is 0 Å². The van der Waals surface area contributed by atoms with E-state index in [9.17, 15) is 18.4 Å². The fraction of sp³-hybridized carbons (Fsp3) is 0.267. The molecule has 0 bridgehead atoms. The molecule has 0 aliphatic carbocycles. The molecule has 0 saturated carbocycles. The van der Waals surface area contributed by atoms with E-state index >= 15 is 0 Å². The second kappa shape index (κ2) is 6.99. The first-order valence-electron chi connectivity index (χ1n) is 6.81. The van der Waals surface area contributed by atoms with E-state index in [1.54, 1.807) is 42.2 Å². The number of carboxylic acid groups (broad SMARTS) is 1. The Morgan fingerprint density at radius 2 is 2.13 bits per heavy atom. The number of amides is 1. The molecule has 0 radical (unpaired) electrons. The Bertz CT molecular complexity index is 702. The molecule has 2 rings (SSSR count). The molecule has 2 aromatic rings. The van der Waals surface area contributed by atoms with E-state index in [2.05, 4.69) is 10.4 Å². The zero-order valence-electron chi connectivity index (χ0n) is 12.2. The van der Waals surface area contributed by atoms with Gasteiger partial charge in [0.15, 0.2) is 0 Å². The number of nitrogens with zero attached hydrogens (tertiary/aromatic N) is 2. The summed E-state index contributed by atoms with van der Waals surface area (Å²) in [6.45, 7) is 1.77. The molecule has 6 nitrogen and oxygen atoms in total. The van der Waals surface area contributed by atoms with Crippen LogP contribution in [0.25, 0.3) is 5.69 Å². The lowest BCUT2D eigenvalue weighted by molar-refractivity contribution is -0.140. The lowest BCUT2D eigenvalue weighted by Crippen LogP contribution is -2.42. The standard InChI is InChI=1S/C15H15F2N3O3/c1-9-7-10(3-4-12(9)20-6-2-5-18-20)14(21)19-11(15(22)23)8-13(16)17/h2-7,11,13H,8H2,1H3,(H,19,21)(H,22,23). The molecule has 1 aromatic carbocycles. The summed E-state index contributed by atoms with van der Waals surface area (Å²) in [5, 5.41) is 15.1. The molecule has 1 unspecified atom stereocenters. The van der Waals surface area contributed by atoms with Gasteiger partial charge in [-0.1, -0.05) is 0 Å². The number of hydrogen-bond donors (Lipinski definition) is 2. The fourth-order valence-corrected chi connectivity index (χ4v) is 2.11. The van der Waals surface area contributed by atoms with Gasteiger partial charge in [-0.2, -0.15) is 5.10 Å². The molecule has 1 aromatic heterocycles. The van der Waals surface area contributed by atoms with Crippen LogP contribution in [0, 0.1) is 6.92 Å². The van der Waals surface area contributed by atoms with Crippen LogP contribution in [0.15, 0.2) is 36.7 Å². The Balaban J connectivity index is 2.16. The van der Waals surface area contributed by atoms with Crippen molar-refractivity contribution in [1.82, 2.24) is 15.1 Å². The highest BCUT2D eigenvalue weighted by atomic mass is 19.3. The molecule has 1 atom stereocenters. The van der Waals surface area contributed by atoms with E-state index in [0.717, 1.165) is 11.3 Å². The maximum Gasteiger partial charge on any atom is 0.326 e. The Kier molecular flexibility index (Phi) is 5.05. The third-order valence-electron chi connectivity index (χ3n) is 3.23. The van der Waals surface area contributed by atoms with Gasteiger partial charge in [0.2, 0.25) is 6.43 Å². The first kappa shape index (κ1) is 16.6. The average Bonchev–Trinajstić information content (AvgIpc) is 2.99. The molecule has 0 fully saturated rings. The number of benzene rings is 1. The largest absolute Gasteiger partial charge is 0.480 e. The molecule has 8 heteroatoms. The lowest BCUT2D eigenvalue weighted by atomic mass is 10.1. The highest BCUT2D eigenvalue weighted by Crippen LogP contribution is 2.15. The van der Waals surface area contributed by atoms with Crippen molar-refractivity contribution >= 4 is 11.9 Å². The number of aliphatic carboxylic acids is 1. The summed E-state index contributed by atoms with van der Waals surface area (Å²) in [5.41, 5.74) is 1.69. The molecule has 1 heterocycles. The maximum absolute atomic E-state index is 12.3. The number of carbonyl (C=O) groups is 2. The summed E-state index contributed by atoms with van der Waals surface area (Å²) >= 11 is 0. The Hall–Kier alpha value is -2.77.